The highest BCUT2D eigenvalue weighted by atomic mass is 35.5. The first kappa shape index (κ1) is 13.1. The monoisotopic (exact) mass is 291 g/mol. The van der Waals surface area contributed by atoms with Crippen molar-refractivity contribution in [3.05, 3.63) is 34.9 Å². The molecule has 20 heavy (non-hydrogen) atoms. The van der Waals surface area contributed by atoms with Crippen molar-refractivity contribution in [1.82, 2.24) is 5.32 Å². The summed E-state index contributed by atoms with van der Waals surface area (Å²) < 4.78 is 0. The van der Waals surface area contributed by atoms with E-state index in [4.69, 9.17) is 11.6 Å². The van der Waals surface area contributed by atoms with Gasteiger partial charge >= 0.3 is 0 Å². The fraction of sp³-hybridized carbons (Fsp3) is 0.647. The van der Waals surface area contributed by atoms with Crippen molar-refractivity contribution in [1.29, 1.82) is 0 Å². The Balaban J connectivity index is 1.41. The van der Waals surface area contributed by atoms with Crippen LogP contribution in [-0.2, 0) is 6.54 Å². The summed E-state index contributed by atoms with van der Waals surface area (Å²) in [7, 11) is 0. The summed E-state index contributed by atoms with van der Waals surface area (Å²) in [5.74, 6) is 2.08. The lowest BCUT2D eigenvalue weighted by Crippen LogP contribution is -2.51. The van der Waals surface area contributed by atoms with Gasteiger partial charge in [0, 0.05) is 17.6 Å². The van der Waals surface area contributed by atoms with Gasteiger partial charge in [0.1, 0.15) is 0 Å². The van der Waals surface area contributed by atoms with Crippen LogP contribution in [0.5, 0.6) is 0 Å². The minimum Gasteiger partial charge on any atom is -0.390 e. The molecule has 4 rings (SSSR count). The predicted octanol–water partition coefficient (Wildman–Crippen LogP) is 3.37. The number of rotatable bonds is 3. The van der Waals surface area contributed by atoms with Gasteiger partial charge in [0.15, 0.2) is 0 Å². The molecule has 1 aromatic rings. The van der Waals surface area contributed by atoms with Gasteiger partial charge < -0.3 is 10.4 Å². The van der Waals surface area contributed by atoms with Crippen LogP contribution < -0.4 is 5.32 Å². The SMILES string of the molecule is OC12CC3CC[C@H](NCc4ccc(Cl)cc4)C(CC31)C2. The maximum Gasteiger partial charge on any atom is 0.0684 e. The largest absolute Gasteiger partial charge is 0.390 e. The molecule has 0 aromatic heterocycles. The van der Waals surface area contributed by atoms with E-state index in [2.05, 4.69) is 17.4 Å². The van der Waals surface area contributed by atoms with Crippen LogP contribution in [0.2, 0.25) is 5.02 Å². The van der Waals surface area contributed by atoms with E-state index in [9.17, 15) is 5.11 Å². The lowest BCUT2D eigenvalue weighted by atomic mass is 9.61. The second-order valence-corrected chi connectivity index (χ2v) is 7.50. The summed E-state index contributed by atoms with van der Waals surface area (Å²) in [6.45, 7) is 0.909. The molecule has 4 unspecified atom stereocenters. The zero-order valence-electron chi connectivity index (χ0n) is 11.7. The summed E-state index contributed by atoms with van der Waals surface area (Å²) in [4.78, 5) is 0. The molecule has 2 N–H and O–H groups in total. The molecule has 0 saturated heterocycles. The summed E-state index contributed by atoms with van der Waals surface area (Å²) >= 11 is 5.92. The van der Waals surface area contributed by atoms with E-state index in [1.807, 2.05) is 12.1 Å². The van der Waals surface area contributed by atoms with Crippen molar-refractivity contribution in [2.75, 3.05) is 0 Å². The minimum atomic E-state index is -0.296. The van der Waals surface area contributed by atoms with Gasteiger partial charge in [-0.1, -0.05) is 23.7 Å². The molecule has 2 bridgehead atoms. The molecule has 3 fully saturated rings. The van der Waals surface area contributed by atoms with E-state index in [0.29, 0.717) is 17.9 Å². The Kier molecular flexibility index (Phi) is 3.10. The smallest absolute Gasteiger partial charge is 0.0684 e. The zero-order valence-corrected chi connectivity index (χ0v) is 12.4. The van der Waals surface area contributed by atoms with Gasteiger partial charge in [-0.2, -0.15) is 0 Å². The second-order valence-electron chi connectivity index (χ2n) is 7.07. The van der Waals surface area contributed by atoms with Crippen molar-refractivity contribution in [3.8, 4) is 0 Å². The van der Waals surface area contributed by atoms with Crippen LogP contribution in [0.4, 0.5) is 0 Å². The van der Waals surface area contributed by atoms with Crippen LogP contribution in [0.15, 0.2) is 24.3 Å². The van der Waals surface area contributed by atoms with Crippen LogP contribution in [0.25, 0.3) is 0 Å². The molecule has 3 aliphatic rings. The zero-order chi connectivity index (χ0) is 13.7. The molecule has 0 radical (unpaired) electrons. The number of nitrogens with one attached hydrogen (secondary N) is 1. The van der Waals surface area contributed by atoms with Gasteiger partial charge in [0.2, 0.25) is 0 Å². The van der Waals surface area contributed by atoms with Crippen LogP contribution in [0.3, 0.4) is 0 Å². The summed E-state index contributed by atoms with van der Waals surface area (Å²) in [5, 5.41) is 15.1. The van der Waals surface area contributed by atoms with Gasteiger partial charge in [-0.3, -0.25) is 0 Å². The topological polar surface area (TPSA) is 32.3 Å². The van der Waals surface area contributed by atoms with Gasteiger partial charge in [0.05, 0.1) is 5.60 Å². The summed E-state index contributed by atoms with van der Waals surface area (Å²) in [5.41, 5.74) is 0.993. The quantitative estimate of drug-likeness (QED) is 0.895. The van der Waals surface area contributed by atoms with Crippen molar-refractivity contribution < 1.29 is 5.11 Å². The molecule has 0 spiro atoms. The predicted molar refractivity (Wildman–Crippen MR) is 80.6 cm³/mol. The average Bonchev–Trinajstić information content (AvgIpc) is 2.59. The Morgan fingerprint density at radius 2 is 1.90 bits per heavy atom. The first-order valence-electron chi connectivity index (χ1n) is 7.84. The van der Waals surface area contributed by atoms with Crippen molar-refractivity contribution in [2.24, 2.45) is 17.8 Å². The molecule has 3 heteroatoms. The van der Waals surface area contributed by atoms with Crippen LogP contribution in [0.1, 0.15) is 37.7 Å². The highest BCUT2D eigenvalue weighted by molar-refractivity contribution is 6.30. The molecular formula is C17H22ClNO. The lowest BCUT2D eigenvalue weighted by molar-refractivity contribution is -0.123. The van der Waals surface area contributed by atoms with E-state index in [1.54, 1.807) is 0 Å². The Morgan fingerprint density at radius 3 is 2.70 bits per heavy atom. The molecule has 3 saturated carbocycles. The molecule has 2 nitrogen and oxygen atoms in total. The number of halogens is 1. The number of aliphatic hydroxyl groups is 1. The normalized spacial score (nSPS) is 42.1. The Hall–Kier alpha value is -0.570. The Labute approximate surface area is 125 Å². The third-order valence-corrected chi connectivity index (χ3v) is 6.20. The average molecular weight is 292 g/mol. The molecular weight excluding hydrogens is 270 g/mol. The highest BCUT2D eigenvalue weighted by Gasteiger charge is 2.60. The number of fused-ring (bicyclic) bond motifs is 1. The third kappa shape index (κ3) is 2.09. The third-order valence-electron chi connectivity index (χ3n) is 5.95. The molecule has 5 atom stereocenters. The maximum atomic E-state index is 10.5. The van der Waals surface area contributed by atoms with E-state index < -0.39 is 0 Å². The maximum absolute atomic E-state index is 10.5. The first-order chi connectivity index (χ1) is 9.64. The first-order valence-corrected chi connectivity index (χ1v) is 8.22. The van der Waals surface area contributed by atoms with Gasteiger partial charge in [-0.15, -0.1) is 0 Å². The molecule has 108 valence electrons. The highest BCUT2D eigenvalue weighted by Crippen LogP contribution is 2.60. The molecule has 3 aliphatic carbocycles. The fourth-order valence-corrected chi connectivity index (χ4v) is 5.02. The van der Waals surface area contributed by atoms with E-state index in [1.165, 1.54) is 24.8 Å². The van der Waals surface area contributed by atoms with Gasteiger partial charge in [0.25, 0.3) is 0 Å². The van der Waals surface area contributed by atoms with Gasteiger partial charge in [-0.05, 0) is 67.6 Å². The van der Waals surface area contributed by atoms with Crippen molar-refractivity contribution >= 4 is 11.6 Å². The van der Waals surface area contributed by atoms with Crippen molar-refractivity contribution in [2.45, 2.75) is 50.3 Å². The number of hydrogen-bond acceptors (Lipinski definition) is 2. The lowest BCUT2D eigenvalue weighted by Gasteiger charge is -2.49. The van der Waals surface area contributed by atoms with E-state index in [-0.39, 0.29) is 5.60 Å². The molecule has 1 aromatic carbocycles. The Morgan fingerprint density at radius 1 is 1.15 bits per heavy atom. The summed E-state index contributed by atoms with van der Waals surface area (Å²) in [6, 6.07) is 8.67. The van der Waals surface area contributed by atoms with Crippen LogP contribution in [-0.4, -0.2) is 16.7 Å². The number of benzene rings is 1. The van der Waals surface area contributed by atoms with Gasteiger partial charge in [-0.25, -0.2) is 0 Å². The minimum absolute atomic E-state index is 0.296. The standard InChI is InChI=1S/C17H22ClNO/c18-14-4-1-11(2-5-14)10-19-16-6-3-12-8-17(20)9-13(16)7-15(12)17/h1-2,4-5,12-13,15-16,19-20H,3,6-10H2/t12?,13?,15?,16-,17?/m0/s1. The fourth-order valence-electron chi connectivity index (χ4n) is 4.90. The van der Waals surface area contributed by atoms with Crippen LogP contribution >= 0.6 is 11.6 Å². The molecule has 0 aliphatic heterocycles. The van der Waals surface area contributed by atoms with E-state index in [0.717, 1.165) is 30.3 Å². The van der Waals surface area contributed by atoms with E-state index >= 15 is 0 Å². The molecule has 0 heterocycles. The Bertz CT molecular complexity index is 502. The molecule has 0 amide bonds. The van der Waals surface area contributed by atoms with Crippen molar-refractivity contribution in [3.63, 3.8) is 0 Å². The second kappa shape index (κ2) is 4.72. The number of hydrogen-bond donors (Lipinski definition) is 2. The van der Waals surface area contributed by atoms with Crippen LogP contribution in [0, 0.1) is 17.8 Å². The summed E-state index contributed by atoms with van der Waals surface area (Å²) in [6.07, 6.45) is 5.89.